The fourth-order valence-corrected chi connectivity index (χ4v) is 1.37. The van der Waals surface area contributed by atoms with Gasteiger partial charge < -0.3 is 32.1 Å². The van der Waals surface area contributed by atoms with Crippen LogP contribution in [0.25, 0.3) is 0 Å². The van der Waals surface area contributed by atoms with Crippen LogP contribution in [-0.4, -0.2) is 60.1 Å². The van der Waals surface area contributed by atoms with Gasteiger partial charge in [0.2, 0.25) is 0 Å². The molecule has 11 heteroatoms. The van der Waals surface area contributed by atoms with Gasteiger partial charge in [-0.2, -0.15) is 0 Å². The van der Waals surface area contributed by atoms with Gasteiger partial charge in [-0.15, -0.1) is 0 Å². The van der Waals surface area contributed by atoms with Crippen molar-refractivity contribution in [2.24, 2.45) is 0 Å². The number of carbonyl (C=O) groups is 4. The number of phenols is 1. The maximum atomic E-state index is 10.3. The molecule has 1 aromatic rings. The van der Waals surface area contributed by atoms with Crippen LogP contribution in [0.15, 0.2) is 24.3 Å². The fourth-order valence-electron chi connectivity index (χ4n) is 1.37. The molecule has 128 valence electrons. The van der Waals surface area contributed by atoms with Gasteiger partial charge in [0, 0.05) is 0 Å². The number of benzene rings is 1. The van der Waals surface area contributed by atoms with Crippen LogP contribution in [0.3, 0.4) is 0 Å². The third-order valence-electron chi connectivity index (χ3n) is 2.42. The van der Waals surface area contributed by atoms with E-state index in [1.807, 2.05) is 0 Å². The Balaban J connectivity index is -0.000000367. The Morgan fingerprint density at radius 2 is 1.33 bits per heavy atom. The summed E-state index contributed by atoms with van der Waals surface area (Å²) in [5, 5.41) is 51.1. The second kappa shape index (κ2) is 10.6. The Hall–Kier alpha value is -2.14. The average Bonchev–Trinajstić information content (AvgIpc) is 2.37. The van der Waals surface area contributed by atoms with Crippen molar-refractivity contribution in [1.29, 1.82) is 0 Å². The molecule has 0 saturated heterocycles. The minimum absolute atomic E-state index is 0. The van der Waals surface area contributed by atoms with Gasteiger partial charge in [0.15, 0.2) is 5.60 Å². The molecule has 0 unspecified atom stereocenters. The van der Waals surface area contributed by atoms with Crippen molar-refractivity contribution in [2.45, 2.75) is 18.4 Å². The largest absolute Gasteiger partial charge is 1.00 e. The van der Waals surface area contributed by atoms with Crippen molar-refractivity contribution < 1.29 is 80.8 Å². The van der Waals surface area contributed by atoms with Crippen LogP contribution in [0.4, 0.5) is 0 Å². The number of hydrogen-bond acceptors (Lipinski definition) is 6. The number of carboxylic acid groups (broad SMARTS) is 4. The fraction of sp³-hybridized carbons (Fsp3) is 0.231. The molecular weight excluding hydrogens is 339 g/mol. The molecule has 0 heterocycles. The first kappa shape index (κ1) is 24.1. The molecule has 0 saturated carbocycles. The summed E-state index contributed by atoms with van der Waals surface area (Å²) in [7, 11) is 0. The molecule has 0 amide bonds. The van der Waals surface area contributed by atoms with Gasteiger partial charge in [0.05, 0.1) is 12.8 Å². The van der Waals surface area contributed by atoms with Crippen molar-refractivity contribution in [3.05, 3.63) is 29.8 Å². The number of hydrogen-bond donors (Lipinski definition) is 6. The van der Waals surface area contributed by atoms with Crippen LogP contribution >= 0.6 is 0 Å². The molecule has 0 atom stereocenters. The Bertz CT molecular complexity index is 603. The molecule has 0 aliphatic carbocycles. The maximum Gasteiger partial charge on any atom is 1.00 e. The number of aromatic carboxylic acids is 1. The first-order chi connectivity index (χ1) is 10.5. The van der Waals surface area contributed by atoms with Crippen LogP contribution in [0.2, 0.25) is 0 Å². The molecule has 0 spiro atoms. The van der Waals surface area contributed by atoms with Crippen molar-refractivity contribution in [3.8, 4) is 5.75 Å². The molecule has 0 aliphatic heterocycles. The van der Waals surface area contributed by atoms with Gasteiger partial charge in [-0.1, -0.05) is 12.1 Å². The Kier molecular flexibility index (Phi) is 10.7. The zero-order valence-corrected chi connectivity index (χ0v) is 14.5. The van der Waals surface area contributed by atoms with Gasteiger partial charge in [0.1, 0.15) is 11.3 Å². The number of aliphatic hydroxyl groups is 1. The Labute approximate surface area is 158 Å². The number of para-hydroxylation sites is 1. The minimum atomic E-state index is -2.74. The van der Waals surface area contributed by atoms with Crippen LogP contribution in [0.5, 0.6) is 5.75 Å². The van der Waals surface area contributed by atoms with E-state index in [2.05, 4.69) is 0 Å². The molecule has 0 fully saturated rings. The SMILES string of the molecule is O=C(O)CC(O)(CC(=O)O)C(=O)O.O=C(O)c1ccccc1O.[H-].[Na+]. The topological polar surface area (TPSA) is 190 Å². The first-order valence-electron chi connectivity index (χ1n) is 5.90. The van der Waals surface area contributed by atoms with Crippen LogP contribution in [-0.2, 0) is 14.4 Å². The van der Waals surface area contributed by atoms with E-state index < -0.39 is 42.3 Å². The maximum absolute atomic E-state index is 10.3. The third-order valence-corrected chi connectivity index (χ3v) is 2.42. The summed E-state index contributed by atoms with van der Waals surface area (Å²) in [5.74, 6) is -6.33. The molecule has 0 aromatic heterocycles. The predicted octanol–water partition coefficient (Wildman–Crippen LogP) is -3.04. The van der Waals surface area contributed by atoms with Gasteiger partial charge in [0.25, 0.3) is 0 Å². The Morgan fingerprint density at radius 3 is 1.58 bits per heavy atom. The minimum Gasteiger partial charge on any atom is -1.00 e. The van der Waals surface area contributed by atoms with Crippen molar-refractivity contribution in [3.63, 3.8) is 0 Å². The van der Waals surface area contributed by atoms with Gasteiger partial charge in [-0.3, -0.25) is 9.59 Å². The van der Waals surface area contributed by atoms with Crippen LogP contribution < -0.4 is 29.6 Å². The Morgan fingerprint density at radius 1 is 0.917 bits per heavy atom. The van der Waals surface area contributed by atoms with Crippen molar-refractivity contribution in [1.82, 2.24) is 0 Å². The number of aromatic hydroxyl groups is 1. The van der Waals surface area contributed by atoms with Crippen LogP contribution in [0.1, 0.15) is 24.6 Å². The van der Waals surface area contributed by atoms with E-state index >= 15 is 0 Å². The number of rotatable bonds is 6. The summed E-state index contributed by atoms with van der Waals surface area (Å²) in [6.07, 6.45) is -2.29. The standard InChI is InChI=1S/C7H6O3.C6H8O7.Na.H/c8-6-4-2-1-3-5(6)7(9)10;7-3(8)1-6(13,5(11)12)2-4(9)10;;/h1-4,8H,(H,9,10);13H,1-2H2,(H,7,8)(H,9,10)(H,11,12);;/q;;+1;-1. The average molecular weight is 354 g/mol. The molecule has 0 aliphatic rings. The molecule has 1 rings (SSSR count). The van der Waals surface area contributed by atoms with Gasteiger partial charge in [-0.25, -0.2) is 9.59 Å². The summed E-state index contributed by atoms with van der Waals surface area (Å²) >= 11 is 0. The summed E-state index contributed by atoms with van der Waals surface area (Å²) in [6.45, 7) is 0. The predicted molar refractivity (Wildman–Crippen MR) is 73.3 cm³/mol. The normalized spacial score (nSPS) is 9.71. The molecule has 6 N–H and O–H groups in total. The quantitative estimate of drug-likeness (QED) is 0.286. The summed E-state index contributed by atoms with van der Waals surface area (Å²) < 4.78 is 0. The van der Waals surface area contributed by atoms with E-state index in [4.69, 9.17) is 30.6 Å². The molecule has 1 aromatic carbocycles. The smallest absolute Gasteiger partial charge is 1.00 e. The molecule has 0 bridgehead atoms. The zero-order chi connectivity index (χ0) is 18.2. The summed E-state index contributed by atoms with van der Waals surface area (Å²) in [4.78, 5) is 40.7. The molecular formula is C13H15NaO10. The molecule has 24 heavy (non-hydrogen) atoms. The van der Waals surface area contributed by atoms with E-state index in [0.29, 0.717) is 0 Å². The summed E-state index contributed by atoms with van der Waals surface area (Å²) in [6, 6.07) is 5.81. The second-order valence-corrected chi connectivity index (χ2v) is 4.30. The van der Waals surface area contributed by atoms with Crippen molar-refractivity contribution >= 4 is 23.9 Å². The number of carboxylic acids is 4. The van der Waals surface area contributed by atoms with E-state index in [-0.39, 0.29) is 42.3 Å². The van der Waals surface area contributed by atoms with Crippen molar-refractivity contribution in [2.75, 3.05) is 0 Å². The molecule has 0 radical (unpaired) electrons. The third kappa shape index (κ3) is 8.48. The zero-order valence-electron chi connectivity index (χ0n) is 13.5. The van der Waals surface area contributed by atoms with E-state index in [1.54, 1.807) is 12.1 Å². The van der Waals surface area contributed by atoms with E-state index in [0.717, 1.165) is 0 Å². The van der Waals surface area contributed by atoms with Crippen LogP contribution in [0, 0.1) is 0 Å². The van der Waals surface area contributed by atoms with E-state index in [9.17, 15) is 19.2 Å². The second-order valence-electron chi connectivity index (χ2n) is 4.30. The monoisotopic (exact) mass is 354 g/mol. The molecule has 10 nitrogen and oxygen atoms in total. The van der Waals surface area contributed by atoms with Gasteiger partial charge in [-0.05, 0) is 12.1 Å². The number of aliphatic carboxylic acids is 3. The first-order valence-corrected chi connectivity index (χ1v) is 5.90. The van der Waals surface area contributed by atoms with E-state index in [1.165, 1.54) is 12.1 Å². The van der Waals surface area contributed by atoms with Gasteiger partial charge >= 0.3 is 53.4 Å². The summed E-state index contributed by atoms with van der Waals surface area (Å²) in [5.41, 5.74) is -2.81.